The number of carbonyl (C=O) groups excluding carboxylic acids is 3. The third-order valence-corrected chi connectivity index (χ3v) is 7.50. The van der Waals surface area contributed by atoms with Crippen LogP contribution in [0.4, 0.5) is 23.7 Å². The average Bonchev–Trinajstić information content (AvgIpc) is 2.95. The summed E-state index contributed by atoms with van der Waals surface area (Å²) in [5.74, 6) is -5.08. The molecular formula is C32H36F3N5O6. The molecule has 0 saturated carbocycles. The van der Waals surface area contributed by atoms with Crippen molar-refractivity contribution >= 4 is 23.6 Å². The molecule has 1 aromatic carbocycles. The van der Waals surface area contributed by atoms with Crippen molar-refractivity contribution in [1.29, 1.82) is 0 Å². The van der Waals surface area contributed by atoms with Crippen LogP contribution in [0.1, 0.15) is 73.6 Å². The van der Waals surface area contributed by atoms with Crippen molar-refractivity contribution in [2.24, 2.45) is 0 Å². The van der Waals surface area contributed by atoms with Crippen molar-refractivity contribution in [1.82, 2.24) is 20.2 Å². The molecule has 246 valence electrons. The largest absolute Gasteiger partial charge is 0.444 e. The number of halogens is 3. The Kier molecular flexibility index (Phi) is 9.73. The average molecular weight is 644 g/mol. The van der Waals surface area contributed by atoms with E-state index in [0.29, 0.717) is 5.56 Å². The highest BCUT2D eigenvalue weighted by atomic mass is 19.1. The van der Waals surface area contributed by atoms with E-state index in [0.717, 1.165) is 29.2 Å². The molecule has 11 nitrogen and oxygen atoms in total. The highest BCUT2D eigenvalue weighted by Crippen LogP contribution is 2.39. The number of ether oxygens (including phenoxy) is 2. The molecule has 0 radical (unpaired) electrons. The Balaban J connectivity index is 1.61. The Morgan fingerprint density at radius 3 is 2.35 bits per heavy atom. The van der Waals surface area contributed by atoms with Gasteiger partial charge >= 0.3 is 6.09 Å². The molecular weight excluding hydrogens is 607 g/mol. The zero-order valence-corrected chi connectivity index (χ0v) is 26.4. The second-order valence-electron chi connectivity index (χ2n) is 12.4. The number of alkyl carbamates (subject to hydrolysis) is 1. The number of aliphatic hydroxyl groups is 1. The van der Waals surface area contributed by atoms with E-state index >= 15 is 8.78 Å². The highest BCUT2D eigenvalue weighted by Gasteiger charge is 2.46. The van der Waals surface area contributed by atoms with Gasteiger partial charge in [-0.3, -0.25) is 14.6 Å². The molecule has 46 heavy (non-hydrogen) atoms. The number of anilines is 1. The van der Waals surface area contributed by atoms with E-state index in [4.69, 9.17) is 9.47 Å². The van der Waals surface area contributed by atoms with Gasteiger partial charge in [-0.15, -0.1) is 0 Å². The zero-order chi connectivity index (χ0) is 34.1. The van der Waals surface area contributed by atoms with E-state index in [2.05, 4.69) is 20.6 Å². The number of hydrogen-bond acceptors (Lipinski definition) is 8. The van der Waals surface area contributed by atoms with Gasteiger partial charge in [0.1, 0.15) is 40.0 Å². The van der Waals surface area contributed by atoms with Crippen LogP contribution in [0.25, 0.3) is 11.3 Å². The van der Waals surface area contributed by atoms with Crippen LogP contribution in [-0.4, -0.2) is 75.3 Å². The number of nitrogens with one attached hydrogen (secondary N) is 2. The molecule has 4 unspecified atom stereocenters. The van der Waals surface area contributed by atoms with Crippen LogP contribution in [0.3, 0.4) is 0 Å². The first kappa shape index (κ1) is 34.3. The van der Waals surface area contributed by atoms with Crippen molar-refractivity contribution in [3.8, 4) is 11.3 Å². The molecule has 1 aliphatic rings. The zero-order valence-electron chi connectivity index (χ0n) is 26.4. The summed E-state index contributed by atoms with van der Waals surface area (Å²) >= 11 is 0. The summed E-state index contributed by atoms with van der Waals surface area (Å²) in [6, 6.07) is 4.20. The van der Waals surface area contributed by atoms with E-state index < -0.39 is 76.1 Å². The molecule has 3 N–H and O–H groups in total. The second kappa shape index (κ2) is 13.0. The van der Waals surface area contributed by atoms with Crippen molar-refractivity contribution in [3.05, 3.63) is 77.0 Å². The predicted octanol–water partition coefficient (Wildman–Crippen LogP) is 5.01. The van der Waals surface area contributed by atoms with Gasteiger partial charge in [0.05, 0.1) is 35.7 Å². The summed E-state index contributed by atoms with van der Waals surface area (Å²) in [6.45, 7) is 8.30. The number of benzene rings is 1. The molecule has 2 aromatic heterocycles. The monoisotopic (exact) mass is 643 g/mol. The van der Waals surface area contributed by atoms with E-state index in [1.807, 2.05) is 0 Å². The summed E-state index contributed by atoms with van der Waals surface area (Å²) in [7, 11) is 2.82. The van der Waals surface area contributed by atoms with Gasteiger partial charge in [0.25, 0.3) is 11.8 Å². The van der Waals surface area contributed by atoms with Gasteiger partial charge in [-0.2, -0.15) is 0 Å². The molecule has 0 spiro atoms. The Bertz CT molecular complexity index is 1640. The normalized spacial score (nSPS) is 21.3. The molecule has 0 aliphatic carbocycles. The molecule has 3 heterocycles. The van der Waals surface area contributed by atoms with Gasteiger partial charge in [0.2, 0.25) is 0 Å². The van der Waals surface area contributed by atoms with Crippen LogP contribution >= 0.6 is 0 Å². The SMILES string of the molecule is CC1OC(c2ccncc2NC(=O)c2ccc(F)c(-c3c(F)cc(C(=O)N(C)C)cc3F)n2)CC(NC(=O)OC(C)(C)C)C1(C)O. The molecule has 1 saturated heterocycles. The van der Waals surface area contributed by atoms with Crippen LogP contribution in [-0.2, 0) is 9.47 Å². The second-order valence-corrected chi connectivity index (χ2v) is 12.4. The fourth-order valence-electron chi connectivity index (χ4n) is 4.93. The van der Waals surface area contributed by atoms with E-state index in [1.54, 1.807) is 33.8 Å². The fourth-order valence-corrected chi connectivity index (χ4v) is 4.93. The Morgan fingerprint density at radius 1 is 1.09 bits per heavy atom. The molecule has 3 amide bonds. The standard InChI is InChI=1S/C32H36F3N5O6/c1-16-32(5,44)25(39-30(43)46-31(2,3)4)14-24(45-16)18-10-11-36-15-23(18)38-28(41)22-9-8-19(33)27(37-22)26-20(34)12-17(13-21(26)35)29(42)40(6)7/h8-13,15-16,24-25,44H,14H2,1-7H3,(H,38,41)(H,39,43). The first-order chi connectivity index (χ1) is 21.4. The summed E-state index contributed by atoms with van der Waals surface area (Å²) in [4.78, 5) is 47.2. The molecule has 4 rings (SSSR count). The maximum Gasteiger partial charge on any atom is 0.407 e. The minimum Gasteiger partial charge on any atom is -0.444 e. The highest BCUT2D eigenvalue weighted by molar-refractivity contribution is 6.03. The minimum absolute atomic E-state index is 0.0906. The van der Waals surface area contributed by atoms with Crippen molar-refractivity contribution in [3.63, 3.8) is 0 Å². The fraction of sp³-hybridized carbons (Fsp3) is 0.406. The topological polar surface area (TPSA) is 143 Å². The number of nitrogens with zero attached hydrogens (tertiary/aromatic N) is 3. The third kappa shape index (κ3) is 7.45. The van der Waals surface area contributed by atoms with Gasteiger partial charge in [-0.05, 0) is 65.0 Å². The number of carbonyl (C=O) groups is 3. The predicted molar refractivity (Wildman–Crippen MR) is 161 cm³/mol. The van der Waals surface area contributed by atoms with Gasteiger partial charge < -0.3 is 30.1 Å². The molecule has 3 aromatic rings. The third-order valence-electron chi connectivity index (χ3n) is 7.50. The van der Waals surface area contributed by atoms with Crippen molar-refractivity contribution in [2.75, 3.05) is 19.4 Å². The molecule has 1 fully saturated rings. The van der Waals surface area contributed by atoms with Crippen LogP contribution in [0.5, 0.6) is 0 Å². The first-order valence-electron chi connectivity index (χ1n) is 14.4. The quantitative estimate of drug-likeness (QED) is 0.340. The summed E-state index contributed by atoms with van der Waals surface area (Å²) in [5.41, 5.74) is -3.88. The molecule has 14 heteroatoms. The van der Waals surface area contributed by atoms with Gasteiger partial charge in [-0.1, -0.05) is 0 Å². The first-order valence-corrected chi connectivity index (χ1v) is 14.4. The van der Waals surface area contributed by atoms with Crippen LogP contribution in [0, 0.1) is 17.5 Å². The van der Waals surface area contributed by atoms with Gasteiger partial charge in [0, 0.05) is 37.8 Å². The number of hydrogen-bond donors (Lipinski definition) is 3. The van der Waals surface area contributed by atoms with Gasteiger partial charge in [-0.25, -0.2) is 22.9 Å². The lowest BCUT2D eigenvalue weighted by Crippen LogP contribution is -2.61. The Labute approximate surface area is 264 Å². The van der Waals surface area contributed by atoms with Gasteiger partial charge in [0.15, 0.2) is 0 Å². The summed E-state index contributed by atoms with van der Waals surface area (Å²) < 4.78 is 56.3. The number of amides is 3. The summed E-state index contributed by atoms with van der Waals surface area (Å²) in [5, 5.41) is 16.5. The minimum atomic E-state index is -1.47. The maximum absolute atomic E-state index is 15.0. The number of aromatic nitrogens is 2. The summed E-state index contributed by atoms with van der Waals surface area (Å²) in [6.07, 6.45) is 0.665. The molecule has 1 aliphatic heterocycles. The van der Waals surface area contributed by atoms with E-state index in [1.165, 1.54) is 33.4 Å². The Morgan fingerprint density at radius 2 is 1.74 bits per heavy atom. The Hall–Kier alpha value is -4.56. The van der Waals surface area contributed by atoms with Crippen LogP contribution in [0.2, 0.25) is 0 Å². The number of rotatable bonds is 6. The van der Waals surface area contributed by atoms with Crippen molar-refractivity contribution in [2.45, 2.75) is 70.5 Å². The molecule has 0 bridgehead atoms. The lowest BCUT2D eigenvalue weighted by Gasteiger charge is -2.45. The van der Waals surface area contributed by atoms with Crippen LogP contribution in [0.15, 0.2) is 42.7 Å². The lowest BCUT2D eigenvalue weighted by atomic mass is 9.82. The molecule has 4 atom stereocenters. The smallest absolute Gasteiger partial charge is 0.407 e. The van der Waals surface area contributed by atoms with Crippen LogP contribution < -0.4 is 10.6 Å². The van der Waals surface area contributed by atoms with E-state index in [-0.39, 0.29) is 23.4 Å². The van der Waals surface area contributed by atoms with E-state index in [9.17, 15) is 23.9 Å². The maximum atomic E-state index is 15.0. The number of pyridine rings is 2. The lowest BCUT2D eigenvalue weighted by molar-refractivity contribution is -0.176. The van der Waals surface area contributed by atoms with Crippen molar-refractivity contribution < 1.29 is 42.1 Å².